The monoisotopic (exact) mass is 251 g/mol. The second-order valence-electron chi connectivity index (χ2n) is 4.07. The third-order valence-corrected chi connectivity index (χ3v) is 2.66. The van der Waals surface area contributed by atoms with Gasteiger partial charge in [-0.3, -0.25) is 4.79 Å². The van der Waals surface area contributed by atoms with Crippen molar-refractivity contribution in [2.24, 2.45) is 0 Å². The van der Waals surface area contributed by atoms with Crippen LogP contribution in [0, 0.1) is 11.3 Å². The smallest absolute Gasteiger partial charge is 0.311 e. The summed E-state index contributed by atoms with van der Waals surface area (Å²) in [5, 5.41) is 9.07. The number of hydrogen-bond donors (Lipinski definition) is 0. The quantitative estimate of drug-likeness (QED) is 0.785. The Morgan fingerprint density at radius 2 is 1.63 bits per heavy atom. The van der Waals surface area contributed by atoms with Gasteiger partial charge in [-0.15, -0.1) is 0 Å². The van der Waals surface area contributed by atoms with Crippen LogP contribution in [-0.2, 0) is 16.0 Å². The lowest BCUT2D eigenvalue weighted by Crippen LogP contribution is -2.12. The maximum Gasteiger partial charge on any atom is 0.311 e. The van der Waals surface area contributed by atoms with E-state index in [0.717, 1.165) is 5.56 Å². The minimum absolute atomic E-state index is 0.172. The van der Waals surface area contributed by atoms with E-state index >= 15 is 0 Å². The Labute approximate surface area is 112 Å². The molecule has 0 spiro atoms. The van der Waals surface area contributed by atoms with E-state index in [9.17, 15) is 4.79 Å². The molecule has 0 N–H and O–H groups in total. The Morgan fingerprint density at radius 3 is 2.21 bits per heavy atom. The van der Waals surface area contributed by atoms with Crippen molar-refractivity contribution >= 4 is 5.97 Å². The molecule has 0 bridgehead atoms. The van der Waals surface area contributed by atoms with Crippen molar-refractivity contribution < 1.29 is 9.53 Å². The summed E-state index contributed by atoms with van der Waals surface area (Å²) in [6.07, 6.45) is -0.677. The molecule has 2 aromatic rings. The lowest BCUT2D eigenvalue weighted by atomic mass is 10.1. The number of ether oxygens (including phenoxy) is 1. The van der Waals surface area contributed by atoms with Gasteiger partial charge in [0.15, 0.2) is 0 Å². The summed E-state index contributed by atoms with van der Waals surface area (Å²) in [5.41, 5.74) is 1.56. The van der Waals surface area contributed by atoms with Gasteiger partial charge in [-0.05, 0) is 5.56 Å². The van der Waals surface area contributed by atoms with E-state index in [1.54, 1.807) is 12.1 Å². The van der Waals surface area contributed by atoms with Gasteiger partial charge in [-0.1, -0.05) is 60.7 Å². The van der Waals surface area contributed by atoms with Gasteiger partial charge in [0, 0.05) is 5.56 Å². The number of nitriles is 1. The van der Waals surface area contributed by atoms with Crippen molar-refractivity contribution in [2.45, 2.75) is 12.5 Å². The van der Waals surface area contributed by atoms with Crippen LogP contribution in [0.3, 0.4) is 0 Å². The minimum atomic E-state index is -0.850. The Bertz CT molecular complexity index is 573. The average molecular weight is 251 g/mol. The molecule has 2 aromatic carbocycles. The van der Waals surface area contributed by atoms with E-state index < -0.39 is 12.1 Å². The van der Waals surface area contributed by atoms with Crippen LogP contribution in [0.4, 0.5) is 0 Å². The molecule has 0 amide bonds. The highest BCUT2D eigenvalue weighted by molar-refractivity contribution is 5.73. The molecule has 0 heterocycles. The summed E-state index contributed by atoms with van der Waals surface area (Å²) in [4.78, 5) is 11.8. The highest BCUT2D eigenvalue weighted by atomic mass is 16.5. The highest BCUT2D eigenvalue weighted by Crippen LogP contribution is 2.17. The Balaban J connectivity index is 2.00. The first kappa shape index (κ1) is 12.8. The molecule has 0 unspecified atom stereocenters. The fourth-order valence-electron chi connectivity index (χ4n) is 1.73. The van der Waals surface area contributed by atoms with E-state index in [4.69, 9.17) is 10.00 Å². The molecule has 0 aliphatic heterocycles. The molecule has 0 saturated heterocycles. The zero-order valence-corrected chi connectivity index (χ0v) is 10.3. The van der Waals surface area contributed by atoms with Crippen LogP contribution in [-0.4, -0.2) is 5.97 Å². The zero-order valence-electron chi connectivity index (χ0n) is 10.3. The lowest BCUT2D eigenvalue weighted by molar-refractivity contribution is -0.146. The number of rotatable bonds is 4. The summed E-state index contributed by atoms with van der Waals surface area (Å²) < 4.78 is 5.19. The summed E-state index contributed by atoms with van der Waals surface area (Å²) in [5.74, 6) is -0.401. The van der Waals surface area contributed by atoms with Gasteiger partial charge in [0.25, 0.3) is 0 Å². The molecule has 2 rings (SSSR count). The van der Waals surface area contributed by atoms with E-state index in [2.05, 4.69) is 0 Å². The number of esters is 1. The molecule has 19 heavy (non-hydrogen) atoms. The molecule has 0 aromatic heterocycles. The minimum Gasteiger partial charge on any atom is -0.442 e. The third-order valence-electron chi connectivity index (χ3n) is 2.66. The first-order valence-corrected chi connectivity index (χ1v) is 5.97. The van der Waals surface area contributed by atoms with Gasteiger partial charge in [0.1, 0.15) is 6.07 Å². The Hall–Kier alpha value is -2.60. The average Bonchev–Trinajstić information content (AvgIpc) is 2.47. The van der Waals surface area contributed by atoms with Crippen molar-refractivity contribution in [1.29, 1.82) is 5.26 Å². The van der Waals surface area contributed by atoms with Crippen LogP contribution in [0.25, 0.3) is 0 Å². The SMILES string of the molecule is N#C[C@H](OC(=O)Cc1ccccc1)c1ccccc1. The first-order chi connectivity index (χ1) is 9.29. The van der Waals surface area contributed by atoms with Crippen molar-refractivity contribution in [3.8, 4) is 6.07 Å². The predicted molar refractivity (Wildman–Crippen MR) is 71.0 cm³/mol. The summed E-state index contributed by atoms with van der Waals surface area (Å²) in [6.45, 7) is 0. The van der Waals surface area contributed by atoms with Gasteiger partial charge >= 0.3 is 5.97 Å². The van der Waals surface area contributed by atoms with Crippen LogP contribution >= 0.6 is 0 Å². The van der Waals surface area contributed by atoms with E-state index in [-0.39, 0.29) is 6.42 Å². The second kappa shape index (κ2) is 6.36. The maximum absolute atomic E-state index is 11.8. The molecule has 3 heteroatoms. The molecule has 1 atom stereocenters. The van der Waals surface area contributed by atoms with E-state index in [1.165, 1.54) is 0 Å². The maximum atomic E-state index is 11.8. The molecule has 0 aliphatic rings. The van der Waals surface area contributed by atoms with Crippen molar-refractivity contribution in [3.63, 3.8) is 0 Å². The molecule has 0 aliphatic carbocycles. The lowest BCUT2D eigenvalue weighted by Gasteiger charge is -2.11. The Kier molecular flexibility index (Phi) is 4.30. The zero-order chi connectivity index (χ0) is 13.5. The number of hydrogen-bond acceptors (Lipinski definition) is 3. The van der Waals surface area contributed by atoms with Crippen LogP contribution in [0.2, 0.25) is 0 Å². The third kappa shape index (κ3) is 3.68. The van der Waals surface area contributed by atoms with Crippen LogP contribution in [0.15, 0.2) is 60.7 Å². The van der Waals surface area contributed by atoms with Gasteiger partial charge in [0.2, 0.25) is 6.10 Å². The van der Waals surface area contributed by atoms with Crippen LogP contribution < -0.4 is 0 Å². The van der Waals surface area contributed by atoms with Gasteiger partial charge in [-0.25, -0.2) is 0 Å². The van der Waals surface area contributed by atoms with Gasteiger partial charge in [-0.2, -0.15) is 5.26 Å². The van der Waals surface area contributed by atoms with Crippen molar-refractivity contribution in [2.75, 3.05) is 0 Å². The first-order valence-electron chi connectivity index (χ1n) is 5.97. The fraction of sp³-hybridized carbons (Fsp3) is 0.125. The van der Waals surface area contributed by atoms with Gasteiger partial charge in [0.05, 0.1) is 6.42 Å². The second-order valence-corrected chi connectivity index (χ2v) is 4.07. The molecule has 0 radical (unpaired) electrons. The topological polar surface area (TPSA) is 50.1 Å². The molecular formula is C16H13NO2. The van der Waals surface area contributed by atoms with E-state index in [0.29, 0.717) is 5.56 Å². The summed E-state index contributed by atoms with van der Waals surface area (Å²) in [7, 11) is 0. The number of benzene rings is 2. The largest absolute Gasteiger partial charge is 0.442 e. The number of carbonyl (C=O) groups is 1. The molecule has 94 valence electrons. The molecular weight excluding hydrogens is 238 g/mol. The van der Waals surface area contributed by atoms with Gasteiger partial charge < -0.3 is 4.74 Å². The number of carbonyl (C=O) groups excluding carboxylic acids is 1. The van der Waals surface area contributed by atoms with Crippen LogP contribution in [0.5, 0.6) is 0 Å². The molecule has 3 nitrogen and oxygen atoms in total. The van der Waals surface area contributed by atoms with Crippen molar-refractivity contribution in [1.82, 2.24) is 0 Å². The summed E-state index contributed by atoms with van der Waals surface area (Å²) in [6, 6.07) is 20.3. The van der Waals surface area contributed by atoms with E-state index in [1.807, 2.05) is 54.6 Å². The molecule has 0 fully saturated rings. The standard InChI is InChI=1S/C16H13NO2/c17-12-15(14-9-5-2-6-10-14)19-16(18)11-13-7-3-1-4-8-13/h1-10,15H,11H2/t15-/m0/s1. The van der Waals surface area contributed by atoms with Crippen molar-refractivity contribution in [3.05, 3.63) is 71.8 Å². The molecule has 0 saturated carbocycles. The fourth-order valence-corrected chi connectivity index (χ4v) is 1.73. The normalized spacial score (nSPS) is 11.3. The highest BCUT2D eigenvalue weighted by Gasteiger charge is 2.15. The predicted octanol–water partition coefficient (Wildman–Crippen LogP) is 3.04. The van der Waals surface area contributed by atoms with Crippen LogP contribution in [0.1, 0.15) is 17.2 Å². The Morgan fingerprint density at radius 1 is 1.05 bits per heavy atom. The summed E-state index contributed by atoms with van der Waals surface area (Å²) >= 11 is 0. The number of nitrogens with zero attached hydrogens (tertiary/aromatic N) is 1.